The molecule has 0 aliphatic carbocycles. The van der Waals surface area contributed by atoms with Crippen molar-refractivity contribution >= 4 is 27.7 Å². The molecule has 23 heavy (non-hydrogen) atoms. The largest absolute Gasteiger partial charge is 0.337 e. The van der Waals surface area contributed by atoms with Crippen molar-refractivity contribution in [3.63, 3.8) is 0 Å². The van der Waals surface area contributed by atoms with Crippen LogP contribution in [0.5, 0.6) is 0 Å². The molecular weight excluding hydrogens is 345 g/mol. The van der Waals surface area contributed by atoms with Gasteiger partial charge in [-0.2, -0.15) is 17.0 Å². The molecule has 1 fully saturated rings. The van der Waals surface area contributed by atoms with Gasteiger partial charge in [-0.3, -0.25) is 4.79 Å². The number of hydrogen-bond acceptors (Lipinski definition) is 3. The second kappa shape index (κ2) is 7.12. The van der Waals surface area contributed by atoms with Crippen LogP contribution < -0.4 is 0 Å². The number of nitrogens with zero attached hydrogens (tertiary/aromatic N) is 3. The van der Waals surface area contributed by atoms with Crippen molar-refractivity contribution in [2.75, 3.05) is 40.3 Å². The summed E-state index contributed by atoms with van der Waals surface area (Å²) >= 11 is 5.93. The van der Waals surface area contributed by atoms with Crippen LogP contribution in [0.4, 0.5) is 4.39 Å². The number of hydrogen-bond donors (Lipinski definition) is 0. The molecule has 6 nitrogen and oxygen atoms in total. The lowest BCUT2D eigenvalue weighted by Crippen LogP contribution is -2.42. The van der Waals surface area contributed by atoms with Gasteiger partial charge in [-0.15, -0.1) is 0 Å². The lowest BCUT2D eigenvalue weighted by Gasteiger charge is -2.24. The lowest BCUT2D eigenvalue weighted by atomic mass is 10.1. The third kappa shape index (κ3) is 3.82. The summed E-state index contributed by atoms with van der Waals surface area (Å²) in [6, 6.07) is 4.07. The number of carbonyl (C=O) groups excluding carboxylic acids is 1. The maximum atomic E-state index is 13.9. The Morgan fingerprint density at radius 2 is 1.91 bits per heavy atom. The van der Waals surface area contributed by atoms with Crippen LogP contribution in [0.2, 0.25) is 5.02 Å². The zero-order valence-electron chi connectivity index (χ0n) is 13.0. The third-order valence-electron chi connectivity index (χ3n) is 3.71. The van der Waals surface area contributed by atoms with E-state index in [9.17, 15) is 17.6 Å². The summed E-state index contributed by atoms with van der Waals surface area (Å²) in [7, 11) is -0.604. The summed E-state index contributed by atoms with van der Waals surface area (Å²) in [4.78, 5) is 13.9. The van der Waals surface area contributed by atoms with Gasteiger partial charge < -0.3 is 4.90 Å². The highest BCUT2D eigenvalue weighted by Gasteiger charge is 2.29. The molecule has 1 aliphatic rings. The molecule has 1 aromatic rings. The van der Waals surface area contributed by atoms with Crippen molar-refractivity contribution in [2.24, 2.45) is 0 Å². The standard InChI is InChI=1S/C14H19ClFN3O3S/c1-17(2)23(21,22)19-8-4-7-18(9-10-19)14(20)13-11(15)5-3-6-12(13)16/h3,5-6H,4,7-10H2,1-2H3. The van der Waals surface area contributed by atoms with Gasteiger partial charge in [-0.05, 0) is 18.6 Å². The molecular formula is C14H19ClFN3O3S. The van der Waals surface area contributed by atoms with E-state index < -0.39 is 21.9 Å². The van der Waals surface area contributed by atoms with Crippen LogP contribution >= 0.6 is 11.6 Å². The SMILES string of the molecule is CN(C)S(=O)(=O)N1CCCN(C(=O)c2c(F)cccc2Cl)CC1. The van der Waals surface area contributed by atoms with E-state index in [1.165, 1.54) is 41.5 Å². The topological polar surface area (TPSA) is 60.9 Å². The van der Waals surface area contributed by atoms with E-state index in [4.69, 9.17) is 11.6 Å². The van der Waals surface area contributed by atoms with E-state index in [0.29, 0.717) is 19.5 Å². The molecule has 0 bridgehead atoms. The highest BCUT2D eigenvalue weighted by atomic mass is 35.5. The van der Waals surface area contributed by atoms with E-state index >= 15 is 0 Å². The zero-order chi connectivity index (χ0) is 17.2. The van der Waals surface area contributed by atoms with Crippen molar-refractivity contribution in [3.05, 3.63) is 34.6 Å². The summed E-state index contributed by atoms with van der Waals surface area (Å²) in [6.45, 7) is 1.02. The number of benzene rings is 1. The molecule has 0 saturated carbocycles. The summed E-state index contributed by atoms with van der Waals surface area (Å²) in [6.07, 6.45) is 0.477. The minimum absolute atomic E-state index is 0.0528. The van der Waals surface area contributed by atoms with Crippen LogP contribution in [0.15, 0.2) is 18.2 Å². The summed E-state index contributed by atoms with van der Waals surface area (Å²) in [5.74, 6) is -1.19. The Hall–Kier alpha value is -1.22. The molecule has 1 aromatic carbocycles. The average molecular weight is 364 g/mol. The summed E-state index contributed by atoms with van der Waals surface area (Å²) in [5, 5.41) is 0.0528. The van der Waals surface area contributed by atoms with Crippen LogP contribution in [-0.2, 0) is 10.2 Å². The van der Waals surface area contributed by atoms with Gasteiger partial charge in [0.2, 0.25) is 0 Å². The molecule has 0 aromatic heterocycles. The number of halogens is 2. The highest BCUT2D eigenvalue weighted by molar-refractivity contribution is 7.86. The monoisotopic (exact) mass is 363 g/mol. The van der Waals surface area contributed by atoms with Gasteiger partial charge in [-0.1, -0.05) is 17.7 Å². The molecule has 9 heteroatoms. The smallest absolute Gasteiger partial charge is 0.281 e. The van der Waals surface area contributed by atoms with Crippen LogP contribution in [-0.4, -0.2) is 68.1 Å². The second-order valence-corrected chi connectivity index (χ2v) is 7.98. The van der Waals surface area contributed by atoms with Crippen molar-refractivity contribution in [2.45, 2.75) is 6.42 Å². The maximum absolute atomic E-state index is 13.9. The van der Waals surface area contributed by atoms with Crippen molar-refractivity contribution in [3.8, 4) is 0 Å². The van der Waals surface area contributed by atoms with E-state index in [1.807, 2.05) is 0 Å². The molecule has 1 amide bonds. The van der Waals surface area contributed by atoms with E-state index in [0.717, 1.165) is 4.31 Å². The molecule has 0 spiro atoms. The number of carbonyl (C=O) groups is 1. The summed E-state index contributed by atoms with van der Waals surface area (Å²) in [5.41, 5.74) is -0.168. The lowest BCUT2D eigenvalue weighted by molar-refractivity contribution is 0.0759. The van der Waals surface area contributed by atoms with Gasteiger partial charge in [-0.25, -0.2) is 4.39 Å². The first-order valence-electron chi connectivity index (χ1n) is 7.16. The highest BCUT2D eigenvalue weighted by Crippen LogP contribution is 2.22. The first kappa shape index (κ1) is 18.1. The maximum Gasteiger partial charge on any atom is 0.281 e. The molecule has 1 saturated heterocycles. The predicted molar refractivity (Wildman–Crippen MR) is 86.1 cm³/mol. The van der Waals surface area contributed by atoms with E-state index in [1.54, 1.807) is 0 Å². The molecule has 0 atom stereocenters. The third-order valence-corrected chi connectivity index (χ3v) is 5.96. The van der Waals surface area contributed by atoms with Crippen LogP contribution in [0.1, 0.15) is 16.8 Å². The Morgan fingerprint density at radius 3 is 2.52 bits per heavy atom. The second-order valence-electron chi connectivity index (χ2n) is 5.43. The Bertz CT molecular complexity index is 676. The van der Waals surface area contributed by atoms with Crippen LogP contribution in [0.25, 0.3) is 0 Å². The normalized spacial score (nSPS) is 17.3. The Labute approximate surface area is 140 Å². The fourth-order valence-electron chi connectivity index (χ4n) is 2.42. The van der Waals surface area contributed by atoms with Crippen molar-refractivity contribution in [1.82, 2.24) is 13.5 Å². The van der Waals surface area contributed by atoms with Gasteiger partial charge in [0.1, 0.15) is 5.82 Å². The van der Waals surface area contributed by atoms with Crippen molar-refractivity contribution in [1.29, 1.82) is 0 Å². The van der Waals surface area contributed by atoms with Gasteiger partial charge in [0.25, 0.3) is 16.1 Å². The fourth-order valence-corrected chi connectivity index (χ4v) is 3.80. The molecule has 1 heterocycles. The first-order valence-corrected chi connectivity index (χ1v) is 8.93. The molecule has 0 radical (unpaired) electrons. The van der Waals surface area contributed by atoms with Gasteiger partial charge in [0.05, 0.1) is 10.6 Å². The van der Waals surface area contributed by atoms with Gasteiger partial charge in [0.15, 0.2) is 0 Å². The van der Waals surface area contributed by atoms with Crippen LogP contribution in [0.3, 0.4) is 0 Å². The van der Waals surface area contributed by atoms with Gasteiger partial charge in [0, 0.05) is 40.3 Å². The van der Waals surface area contributed by atoms with Crippen molar-refractivity contribution < 1.29 is 17.6 Å². The Kier molecular flexibility index (Phi) is 5.61. The minimum atomic E-state index is -3.52. The molecule has 0 N–H and O–H groups in total. The quantitative estimate of drug-likeness (QED) is 0.816. The molecule has 2 rings (SSSR count). The number of rotatable bonds is 3. The first-order chi connectivity index (χ1) is 10.7. The molecule has 0 unspecified atom stereocenters. The van der Waals surface area contributed by atoms with Crippen LogP contribution in [0, 0.1) is 5.82 Å². The molecule has 128 valence electrons. The molecule has 1 aliphatic heterocycles. The van der Waals surface area contributed by atoms with Gasteiger partial charge >= 0.3 is 0 Å². The number of amides is 1. The average Bonchev–Trinajstić information content (AvgIpc) is 2.73. The Balaban J connectivity index is 2.17. The Morgan fingerprint density at radius 1 is 1.22 bits per heavy atom. The minimum Gasteiger partial charge on any atom is -0.337 e. The fraction of sp³-hybridized carbons (Fsp3) is 0.500. The van der Waals surface area contributed by atoms with E-state index in [2.05, 4.69) is 0 Å². The van der Waals surface area contributed by atoms with E-state index in [-0.39, 0.29) is 23.7 Å². The summed E-state index contributed by atoms with van der Waals surface area (Å²) < 4.78 is 40.7. The zero-order valence-corrected chi connectivity index (χ0v) is 14.6. The predicted octanol–water partition coefficient (Wildman–Crippen LogP) is 1.43.